The number of halogens is 1. The van der Waals surface area contributed by atoms with Crippen molar-refractivity contribution in [3.8, 4) is 0 Å². The van der Waals surface area contributed by atoms with Gasteiger partial charge in [0.25, 0.3) is 0 Å². The van der Waals surface area contributed by atoms with Crippen molar-refractivity contribution < 1.29 is 9.53 Å². The third kappa shape index (κ3) is 5.30. The third-order valence-electron chi connectivity index (χ3n) is 4.93. The highest BCUT2D eigenvalue weighted by molar-refractivity contribution is 6.30. The topological polar surface area (TPSA) is 67.6 Å². The van der Waals surface area contributed by atoms with Crippen molar-refractivity contribution in [1.29, 1.82) is 0 Å². The molecular formula is C21H26ClN3O2. The molecule has 2 aromatic rings. The number of hydrogen-bond donors (Lipinski definition) is 2. The lowest BCUT2D eigenvalue weighted by Crippen LogP contribution is -2.45. The molecule has 5 nitrogen and oxygen atoms in total. The van der Waals surface area contributed by atoms with E-state index in [0.717, 1.165) is 29.8 Å². The quantitative estimate of drug-likeness (QED) is 0.799. The number of amides is 1. The number of hydrogen-bond acceptors (Lipinski definition) is 4. The highest BCUT2D eigenvalue weighted by Gasteiger charge is 2.24. The Morgan fingerprint density at radius 2 is 1.70 bits per heavy atom. The Hall–Kier alpha value is -1.92. The van der Waals surface area contributed by atoms with Gasteiger partial charge in [-0.2, -0.15) is 0 Å². The van der Waals surface area contributed by atoms with E-state index in [4.69, 9.17) is 22.1 Å². The van der Waals surface area contributed by atoms with Gasteiger partial charge in [-0.05, 0) is 30.2 Å². The first-order valence-electron chi connectivity index (χ1n) is 9.22. The zero-order valence-electron chi connectivity index (χ0n) is 15.5. The summed E-state index contributed by atoms with van der Waals surface area (Å²) in [5.41, 5.74) is 9.22. The summed E-state index contributed by atoms with van der Waals surface area (Å²) in [6.07, 6.45) is 0. The number of nitrogens with one attached hydrogen (secondary N) is 1. The summed E-state index contributed by atoms with van der Waals surface area (Å²) in [6.45, 7) is 5.54. The lowest BCUT2D eigenvalue weighted by molar-refractivity contribution is -0.122. The van der Waals surface area contributed by atoms with E-state index < -0.39 is 6.04 Å². The molecule has 0 aliphatic carbocycles. The van der Waals surface area contributed by atoms with Crippen molar-refractivity contribution >= 4 is 17.5 Å². The fourth-order valence-electron chi connectivity index (χ4n) is 3.26. The van der Waals surface area contributed by atoms with E-state index in [0.29, 0.717) is 24.8 Å². The van der Waals surface area contributed by atoms with Crippen LogP contribution < -0.4 is 11.1 Å². The SMILES string of the molecule is Cc1ccc(C(N)C(=O)NCC(c2ccc(Cl)cc2)N2CCOCC2)cc1. The van der Waals surface area contributed by atoms with Gasteiger partial charge in [-0.1, -0.05) is 53.6 Å². The van der Waals surface area contributed by atoms with Crippen molar-refractivity contribution in [2.24, 2.45) is 5.73 Å². The van der Waals surface area contributed by atoms with Crippen LogP contribution in [0.1, 0.15) is 28.8 Å². The molecule has 2 atom stereocenters. The predicted molar refractivity (Wildman–Crippen MR) is 108 cm³/mol. The van der Waals surface area contributed by atoms with E-state index in [-0.39, 0.29) is 11.9 Å². The molecule has 6 heteroatoms. The van der Waals surface area contributed by atoms with Gasteiger partial charge in [-0.3, -0.25) is 9.69 Å². The molecular weight excluding hydrogens is 362 g/mol. The van der Waals surface area contributed by atoms with Gasteiger partial charge in [0.05, 0.1) is 19.3 Å². The lowest BCUT2D eigenvalue weighted by atomic mass is 10.0. The Morgan fingerprint density at radius 1 is 1.11 bits per heavy atom. The maximum absolute atomic E-state index is 12.6. The van der Waals surface area contributed by atoms with Crippen LogP contribution in [-0.2, 0) is 9.53 Å². The van der Waals surface area contributed by atoms with Crippen LogP contribution in [0, 0.1) is 6.92 Å². The molecule has 0 spiro atoms. The van der Waals surface area contributed by atoms with Gasteiger partial charge in [0, 0.05) is 24.7 Å². The zero-order chi connectivity index (χ0) is 19.2. The molecule has 2 unspecified atom stereocenters. The summed E-state index contributed by atoms with van der Waals surface area (Å²) < 4.78 is 5.47. The second kappa shape index (κ2) is 9.33. The minimum absolute atomic E-state index is 0.0559. The number of nitrogens with two attached hydrogens (primary N) is 1. The number of ether oxygens (including phenoxy) is 1. The Labute approximate surface area is 165 Å². The molecule has 3 N–H and O–H groups in total. The number of carbonyl (C=O) groups excluding carboxylic acids is 1. The second-order valence-corrected chi connectivity index (χ2v) is 7.29. The van der Waals surface area contributed by atoms with Crippen LogP contribution >= 0.6 is 11.6 Å². The molecule has 0 saturated carbocycles. The molecule has 1 aliphatic heterocycles. The summed E-state index contributed by atoms with van der Waals surface area (Å²) in [6, 6.07) is 14.9. The number of carbonyl (C=O) groups is 1. The molecule has 3 rings (SSSR count). The minimum Gasteiger partial charge on any atom is -0.379 e. The van der Waals surface area contributed by atoms with E-state index in [2.05, 4.69) is 10.2 Å². The third-order valence-corrected chi connectivity index (χ3v) is 5.18. The first-order chi connectivity index (χ1) is 13.0. The summed E-state index contributed by atoms with van der Waals surface area (Å²) in [7, 11) is 0. The Morgan fingerprint density at radius 3 is 2.33 bits per heavy atom. The standard InChI is InChI=1S/C21H26ClN3O2/c1-15-2-4-17(5-3-15)20(23)21(26)24-14-19(25-10-12-27-13-11-25)16-6-8-18(22)9-7-16/h2-9,19-20H,10-14,23H2,1H3,(H,24,26). The number of benzene rings is 2. The van der Waals surface area contributed by atoms with Gasteiger partial charge in [0.1, 0.15) is 6.04 Å². The van der Waals surface area contributed by atoms with E-state index in [1.54, 1.807) is 0 Å². The number of aryl methyl sites for hydroxylation is 1. The Balaban J connectivity index is 1.68. The largest absolute Gasteiger partial charge is 0.379 e. The molecule has 1 aliphatic rings. The van der Waals surface area contributed by atoms with E-state index >= 15 is 0 Å². The summed E-state index contributed by atoms with van der Waals surface area (Å²) in [5, 5.41) is 3.73. The maximum atomic E-state index is 12.6. The lowest BCUT2D eigenvalue weighted by Gasteiger charge is -2.35. The van der Waals surface area contributed by atoms with Gasteiger partial charge in [-0.15, -0.1) is 0 Å². The van der Waals surface area contributed by atoms with Gasteiger partial charge >= 0.3 is 0 Å². The summed E-state index contributed by atoms with van der Waals surface area (Å²) in [4.78, 5) is 14.9. The maximum Gasteiger partial charge on any atom is 0.241 e. The number of morpholine rings is 1. The molecule has 1 fully saturated rings. The van der Waals surface area contributed by atoms with Crippen molar-refractivity contribution in [3.63, 3.8) is 0 Å². The number of rotatable bonds is 6. The average molecular weight is 388 g/mol. The highest BCUT2D eigenvalue weighted by Crippen LogP contribution is 2.23. The van der Waals surface area contributed by atoms with Crippen LogP contribution in [-0.4, -0.2) is 43.7 Å². The molecule has 1 amide bonds. The average Bonchev–Trinajstić information content (AvgIpc) is 2.70. The van der Waals surface area contributed by atoms with E-state index in [1.807, 2.05) is 55.5 Å². The molecule has 1 heterocycles. The van der Waals surface area contributed by atoms with Crippen LogP contribution in [0.15, 0.2) is 48.5 Å². The van der Waals surface area contributed by atoms with E-state index in [1.165, 1.54) is 0 Å². The molecule has 0 aromatic heterocycles. The first-order valence-corrected chi connectivity index (χ1v) is 9.59. The van der Waals surface area contributed by atoms with Gasteiger partial charge < -0.3 is 15.8 Å². The van der Waals surface area contributed by atoms with Crippen LogP contribution in [0.25, 0.3) is 0 Å². The highest BCUT2D eigenvalue weighted by atomic mass is 35.5. The predicted octanol–water partition coefficient (Wildman–Crippen LogP) is 2.84. The molecule has 1 saturated heterocycles. The van der Waals surface area contributed by atoms with Crippen LogP contribution in [0.4, 0.5) is 0 Å². The van der Waals surface area contributed by atoms with Crippen molar-refractivity contribution in [1.82, 2.24) is 10.2 Å². The van der Waals surface area contributed by atoms with Crippen LogP contribution in [0.2, 0.25) is 5.02 Å². The molecule has 27 heavy (non-hydrogen) atoms. The van der Waals surface area contributed by atoms with Gasteiger partial charge in [-0.25, -0.2) is 0 Å². The summed E-state index contributed by atoms with van der Waals surface area (Å²) >= 11 is 6.03. The van der Waals surface area contributed by atoms with Crippen LogP contribution in [0.3, 0.4) is 0 Å². The summed E-state index contributed by atoms with van der Waals surface area (Å²) in [5.74, 6) is -0.175. The smallest absolute Gasteiger partial charge is 0.241 e. The first kappa shape index (κ1) is 19.8. The van der Waals surface area contributed by atoms with Crippen LogP contribution in [0.5, 0.6) is 0 Å². The molecule has 0 radical (unpaired) electrons. The van der Waals surface area contributed by atoms with Crippen molar-refractivity contribution in [3.05, 3.63) is 70.2 Å². The Bertz CT molecular complexity index is 743. The van der Waals surface area contributed by atoms with Gasteiger partial charge in [0.2, 0.25) is 5.91 Å². The number of nitrogens with zero attached hydrogens (tertiary/aromatic N) is 1. The molecule has 0 bridgehead atoms. The minimum atomic E-state index is -0.679. The van der Waals surface area contributed by atoms with E-state index in [9.17, 15) is 4.79 Å². The second-order valence-electron chi connectivity index (χ2n) is 6.85. The Kier molecular flexibility index (Phi) is 6.85. The fourth-order valence-corrected chi connectivity index (χ4v) is 3.39. The van der Waals surface area contributed by atoms with Gasteiger partial charge in [0.15, 0.2) is 0 Å². The zero-order valence-corrected chi connectivity index (χ0v) is 16.3. The molecule has 144 valence electrons. The normalized spacial score (nSPS) is 17.3. The van der Waals surface area contributed by atoms with Crippen molar-refractivity contribution in [2.75, 3.05) is 32.8 Å². The van der Waals surface area contributed by atoms with Crippen molar-refractivity contribution in [2.45, 2.75) is 19.0 Å². The molecule has 2 aromatic carbocycles. The monoisotopic (exact) mass is 387 g/mol. The fraction of sp³-hybridized carbons (Fsp3) is 0.381.